The van der Waals surface area contributed by atoms with Crippen LogP contribution in [0.2, 0.25) is 0 Å². The van der Waals surface area contributed by atoms with Gasteiger partial charge in [-0.2, -0.15) is 0 Å². The highest BCUT2D eigenvalue weighted by molar-refractivity contribution is 6.12. The van der Waals surface area contributed by atoms with E-state index in [1.807, 2.05) is 48.6 Å². The van der Waals surface area contributed by atoms with E-state index in [2.05, 4.69) is 145 Å². The molecule has 1 atom stereocenters. The van der Waals surface area contributed by atoms with E-state index in [-0.39, 0.29) is 0 Å². The molecular formula is C47H33N3. The lowest BCUT2D eigenvalue weighted by Crippen LogP contribution is -2.36. The molecule has 0 fully saturated rings. The number of hydrogen-bond acceptors (Lipinski definition) is 2. The Bertz CT molecular complexity index is 2560. The Morgan fingerprint density at radius 1 is 0.540 bits per heavy atom. The van der Waals surface area contributed by atoms with Crippen LogP contribution < -0.4 is 0 Å². The first-order valence-corrected chi connectivity index (χ1v) is 16.9. The van der Waals surface area contributed by atoms with Gasteiger partial charge in [-0.1, -0.05) is 171 Å². The van der Waals surface area contributed by atoms with Gasteiger partial charge in [-0.25, -0.2) is 9.97 Å². The predicted molar refractivity (Wildman–Crippen MR) is 207 cm³/mol. The third-order valence-corrected chi connectivity index (χ3v) is 10.1. The van der Waals surface area contributed by atoms with E-state index in [1.54, 1.807) is 0 Å². The maximum atomic E-state index is 5.28. The summed E-state index contributed by atoms with van der Waals surface area (Å²) in [6, 6.07) is 57.6. The number of nitrogens with zero attached hydrogens (tertiary/aromatic N) is 3. The Morgan fingerprint density at radius 3 is 1.76 bits per heavy atom. The van der Waals surface area contributed by atoms with Gasteiger partial charge in [0.1, 0.15) is 0 Å². The Hall–Kier alpha value is -6.58. The van der Waals surface area contributed by atoms with Crippen molar-refractivity contribution in [3.05, 3.63) is 217 Å². The summed E-state index contributed by atoms with van der Waals surface area (Å²) in [5, 5.41) is 2.44. The quantitative estimate of drug-likeness (QED) is 0.162. The molecule has 0 saturated carbocycles. The Kier molecular flexibility index (Phi) is 6.99. The maximum absolute atomic E-state index is 5.28. The Balaban J connectivity index is 1.45. The van der Waals surface area contributed by atoms with Crippen LogP contribution in [0.4, 0.5) is 0 Å². The molecule has 6 aromatic carbocycles. The molecule has 0 aliphatic carbocycles. The molecule has 0 radical (unpaired) electrons. The molecule has 1 aliphatic heterocycles. The molecule has 9 rings (SSSR count). The largest absolute Gasteiger partial charge is 0.309 e. The zero-order chi connectivity index (χ0) is 33.7. The van der Waals surface area contributed by atoms with Gasteiger partial charge in [0.05, 0.1) is 33.5 Å². The maximum Gasteiger partial charge on any atom is 0.160 e. The van der Waals surface area contributed by atoms with Crippen molar-refractivity contribution < 1.29 is 0 Å². The molecular weight excluding hydrogens is 607 g/mol. The monoisotopic (exact) mass is 639 g/mol. The topological polar surface area (TPSA) is 30.7 Å². The van der Waals surface area contributed by atoms with E-state index in [4.69, 9.17) is 9.97 Å². The first kappa shape index (κ1) is 29.6. The van der Waals surface area contributed by atoms with Crippen molar-refractivity contribution in [1.29, 1.82) is 0 Å². The van der Waals surface area contributed by atoms with Crippen LogP contribution in [-0.4, -0.2) is 14.5 Å². The molecule has 0 amide bonds. The van der Waals surface area contributed by atoms with Crippen molar-refractivity contribution in [2.75, 3.05) is 0 Å². The van der Waals surface area contributed by atoms with Crippen molar-refractivity contribution in [3.63, 3.8) is 0 Å². The van der Waals surface area contributed by atoms with E-state index < -0.39 is 5.41 Å². The number of fused-ring (bicyclic) bond motifs is 5. The van der Waals surface area contributed by atoms with Gasteiger partial charge in [-0.05, 0) is 40.5 Å². The van der Waals surface area contributed by atoms with Gasteiger partial charge in [0.2, 0.25) is 0 Å². The predicted octanol–water partition coefficient (Wildman–Crippen LogP) is 11.4. The van der Waals surface area contributed by atoms with E-state index in [9.17, 15) is 0 Å². The second kappa shape index (κ2) is 11.8. The molecule has 8 aromatic rings. The van der Waals surface area contributed by atoms with Crippen molar-refractivity contribution in [3.8, 4) is 28.2 Å². The molecule has 1 unspecified atom stereocenters. The summed E-state index contributed by atoms with van der Waals surface area (Å²) >= 11 is 0. The van der Waals surface area contributed by atoms with Gasteiger partial charge in [0.15, 0.2) is 5.82 Å². The average Bonchev–Trinajstić information content (AvgIpc) is 3.54. The smallest absolute Gasteiger partial charge is 0.160 e. The number of allylic oxidation sites excluding steroid dienone is 4. The van der Waals surface area contributed by atoms with Gasteiger partial charge in [-0.3, -0.25) is 0 Å². The third kappa shape index (κ3) is 4.30. The van der Waals surface area contributed by atoms with Crippen LogP contribution in [-0.2, 0) is 5.41 Å². The van der Waals surface area contributed by atoms with E-state index in [0.29, 0.717) is 5.82 Å². The molecule has 1 aliphatic rings. The van der Waals surface area contributed by atoms with Crippen molar-refractivity contribution in [2.45, 2.75) is 5.41 Å². The summed E-state index contributed by atoms with van der Waals surface area (Å²) in [5.74, 6) is 0.598. The SMILES string of the molecule is C=C/C(=C(\C=C)C1(c2ccccc2)c2ccccc2-n2c3ccccc3c3cccc1c32)c1nc(-c2ccccc2)cc(-c2ccccc2)n1. The molecule has 2 aromatic heterocycles. The van der Waals surface area contributed by atoms with Crippen LogP contribution in [0.5, 0.6) is 0 Å². The molecule has 236 valence electrons. The molecule has 3 heterocycles. The first-order chi connectivity index (χ1) is 24.7. The van der Waals surface area contributed by atoms with Crippen molar-refractivity contribution in [2.24, 2.45) is 0 Å². The van der Waals surface area contributed by atoms with Gasteiger partial charge >= 0.3 is 0 Å². The van der Waals surface area contributed by atoms with Gasteiger partial charge in [-0.15, -0.1) is 0 Å². The van der Waals surface area contributed by atoms with Crippen molar-refractivity contribution in [1.82, 2.24) is 14.5 Å². The molecule has 0 N–H and O–H groups in total. The van der Waals surface area contributed by atoms with Crippen LogP contribution in [0.3, 0.4) is 0 Å². The highest BCUT2D eigenvalue weighted by Gasteiger charge is 2.46. The van der Waals surface area contributed by atoms with Crippen LogP contribution in [0.15, 0.2) is 195 Å². The fourth-order valence-electron chi connectivity index (χ4n) is 8.02. The minimum absolute atomic E-state index is 0.598. The van der Waals surface area contributed by atoms with Crippen LogP contribution in [0.25, 0.3) is 55.6 Å². The summed E-state index contributed by atoms with van der Waals surface area (Å²) in [4.78, 5) is 10.6. The number of benzene rings is 6. The van der Waals surface area contributed by atoms with Crippen molar-refractivity contribution >= 4 is 27.4 Å². The summed E-state index contributed by atoms with van der Waals surface area (Å²) in [7, 11) is 0. The van der Waals surface area contributed by atoms with E-state index >= 15 is 0 Å². The Morgan fingerprint density at radius 2 is 1.10 bits per heavy atom. The number of hydrogen-bond donors (Lipinski definition) is 0. The van der Waals surface area contributed by atoms with Crippen LogP contribution in [0.1, 0.15) is 22.5 Å². The molecule has 0 bridgehead atoms. The fraction of sp³-hybridized carbons (Fsp3) is 0.0213. The number of rotatable bonds is 7. The summed E-state index contributed by atoms with van der Waals surface area (Å²) in [6.45, 7) is 8.95. The van der Waals surface area contributed by atoms with E-state index in [1.165, 1.54) is 27.4 Å². The average molecular weight is 640 g/mol. The zero-order valence-corrected chi connectivity index (χ0v) is 27.5. The zero-order valence-electron chi connectivity index (χ0n) is 27.5. The molecule has 3 nitrogen and oxygen atoms in total. The highest BCUT2D eigenvalue weighted by atomic mass is 15.0. The minimum atomic E-state index is -0.772. The number of para-hydroxylation sites is 3. The second-order valence-corrected chi connectivity index (χ2v) is 12.6. The summed E-state index contributed by atoms with van der Waals surface area (Å²) < 4.78 is 2.44. The summed E-state index contributed by atoms with van der Waals surface area (Å²) in [5.41, 5.74) is 11.7. The molecule has 3 heteroatoms. The molecule has 50 heavy (non-hydrogen) atoms. The van der Waals surface area contributed by atoms with Gasteiger partial charge < -0.3 is 4.57 Å². The fourth-order valence-corrected chi connectivity index (χ4v) is 8.02. The number of aromatic nitrogens is 3. The molecule has 0 saturated heterocycles. The minimum Gasteiger partial charge on any atom is -0.309 e. The highest BCUT2D eigenvalue weighted by Crippen LogP contribution is 2.56. The van der Waals surface area contributed by atoms with Gasteiger partial charge in [0, 0.05) is 27.5 Å². The standard InChI is InChI=1S/C47H33N3/c1-3-35(46-48-41(32-19-8-5-9-20-32)31-42(49-46)33-21-10-6-11-22-33)38(4-2)47(34-23-12-7-13-24-34)39-27-15-17-30-44(39)50-43-29-16-14-25-36(43)37-26-18-28-40(47)45(37)50/h3-31H,1-2H2/b38-35-. The second-order valence-electron chi connectivity index (χ2n) is 12.6. The lowest BCUT2D eigenvalue weighted by Gasteiger charge is -2.43. The third-order valence-electron chi connectivity index (χ3n) is 10.1. The first-order valence-electron chi connectivity index (χ1n) is 16.9. The van der Waals surface area contributed by atoms with Crippen LogP contribution in [0, 0.1) is 0 Å². The molecule has 0 spiro atoms. The lowest BCUT2D eigenvalue weighted by atomic mass is 9.61. The van der Waals surface area contributed by atoms with Crippen LogP contribution >= 0.6 is 0 Å². The normalized spacial score (nSPS) is 15.4. The lowest BCUT2D eigenvalue weighted by molar-refractivity contribution is 0.728. The van der Waals surface area contributed by atoms with E-state index in [0.717, 1.165) is 50.5 Å². The Labute approximate surface area is 291 Å². The summed E-state index contributed by atoms with van der Waals surface area (Å²) in [6.07, 6.45) is 3.91. The van der Waals surface area contributed by atoms with Gasteiger partial charge in [0.25, 0.3) is 0 Å².